The first-order chi connectivity index (χ1) is 11.2. The quantitative estimate of drug-likeness (QED) is 0.844. The maximum absolute atomic E-state index is 12.5. The third kappa shape index (κ3) is 4.09. The van der Waals surface area contributed by atoms with Crippen molar-refractivity contribution in [1.29, 1.82) is 0 Å². The standard InChI is InChI=1S/C16H15F3N4O/c1-9-7-10(2)22-14(21-9)13(8-20)15(24)23-12-5-3-11(4-6-12)16(17,18)19/h3-8H,20H2,1-2H3,(H,23,24). The van der Waals surface area contributed by atoms with E-state index in [1.54, 1.807) is 19.9 Å². The maximum Gasteiger partial charge on any atom is 0.416 e. The minimum atomic E-state index is -4.43. The molecule has 0 saturated heterocycles. The van der Waals surface area contributed by atoms with E-state index in [2.05, 4.69) is 15.3 Å². The number of rotatable bonds is 3. The Hall–Kier alpha value is -2.90. The number of carbonyl (C=O) groups is 1. The second-order valence-corrected chi connectivity index (χ2v) is 5.08. The van der Waals surface area contributed by atoms with Gasteiger partial charge in [-0.15, -0.1) is 0 Å². The van der Waals surface area contributed by atoms with E-state index in [0.717, 1.165) is 30.5 Å². The maximum atomic E-state index is 12.5. The van der Waals surface area contributed by atoms with Gasteiger partial charge >= 0.3 is 6.18 Å². The number of nitrogens with zero attached hydrogens (tertiary/aromatic N) is 2. The molecule has 2 aromatic rings. The molecular formula is C16H15F3N4O. The van der Waals surface area contributed by atoms with Crippen LogP contribution >= 0.6 is 0 Å². The van der Waals surface area contributed by atoms with Gasteiger partial charge in [0, 0.05) is 23.3 Å². The van der Waals surface area contributed by atoms with Crippen LogP contribution in [0, 0.1) is 13.8 Å². The highest BCUT2D eigenvalue weighted by Gasteiger charge is 2.30. The van der Waals surface area contributed by atoms with Crippen LogP contribution in [0.4, 0.5) is 18.9 Å². The van der Waals surface area contributed by atoms with Gasteiger partial charge in [0.15, 0.2) is 5.82 Å². The number of hydrogen-bond donors (Lipinski definition) is 2. The van der Waals surface area contributed by atoms with Crippen molar-refractivity contribution in [2.75, 3.05) is 5.32 Å². The molecule has 0 radical (unpaired) electrons. The van der Waals surface area contributed by atoms with Gasteiger partial charge in [0.05, 0.1) is 11.1 Å². The molecule has 0 aliphatic heterocycles. The lowest BCUT2D eigenvalue weighted by Gasteiger charge is -2.10. The normalized spacial score (nSPS) is 12.1. The number of halogens is 3. The Bertz CT molecular complexity index is 763. The summed E-state index contributed by atoms with van der Waals surface area (Å²) < 4.78 is 37.6. The van der Waals surface area contributed by atoms with Gasteiger partial charge in [-0.1, -0.05) is 0 Å². The second kappa shape index (κ2) is 6.69. The van der Waals surface area contributed by atoms with Gasteiger partial charge in [0.1, 0.15) is 0 Å². The van der Waals surface area contributed by atoms with E-state index in [9.17, 15) is 18.0 Å². The highest BCUT2D eigenvalue weighted by atomic mass is 19.4. The van der Waals surface area contributed by atoms with E-state index >= 15 is 0 Å². The van der Waals surface area contributed by atoms with Crippen molar-refractivity contribution in [3.05, 3.63) is 59.3 Å². The number of hydrogen-bond acceptors (Lipinski definition) is 4. The number of nitrogens with two attached hydrogens (primary N) is 1. The minimum absolute atomic E-state index is 0.0293. The highest BCUT2D eigenvalue weighted by Crippen LogP contribution is 2.30. The van der Waals surface area contributed by atoms with Gasteiger partial charge in [-0.05, 0) is 44.2 Å². The van der Waals surface area contributed by atoms with Crippen molar-refractivity contribution in [2.24, 2.45) is 5.73 Å². The topological polar surface area (TPSA) is 80.9 Å². The van der Waals surface area contributed by atoms with Crippen LogP contribution in [0.1, 0.15) is 22.8 Å². The monoisotopic (exact) mass is 336 g/mol. The van der Waals surface area contributed by atoms with E-state index in [1.165, 1.54) is 0 Å². The fourth-order valence-corrected chi connectivity index (χ4v) is 2.04. The van der Waals surface area contributed by atoms with E-state index in [0.29, 0.717) is 11.4 Å². The molecule has 0 aliphatic carbocycles. The molecule has 126 valence electrons. The van der Waals surface area contributed by atoms with E-state index in [1.807, 2.05) is 0 Å². The average molecular weight is 336 g/mol. The number of benzene rings is 1. The fourth-order valence-electron chi connectivity index (χ4n) is 2.04. The summed E-state index contributed by atoms with van der Waals surface area (Å²) in [5, 5.41) is 2.47. The lowest BCUT2D eigenvalue weighted by molar-refractivity contribution is -0.137. The lowest BCUT2D eigenvalue weighted by atomic mass is 10.2. The summed E-state index contributed by atoms with van der Waals surface area (Å²) >= 11 is 0. The van der Waals surface area contributed by atoms with Crippen LogP contribution in [-0.4, -0.2) is 15.9 Å². The number of carbonyl (C=O) groups excluding carboxylic acids is 1. The van der Waals surface area contributed by atoms with Crippen LogP contribution in [0.2, 0.25) is 0 Å². The molecular weight excluding hydrogens is 321 g/mol. The summed E-state index contributed by atoms with van der Waals surface area (Å²) in [7, 11) is 0. The molecule has 1 amide bonds. The summed E-state index contributed by atoms with van der Waals surface area (Å²) in [5.74, 6) is -0.457. The minimum Gasteiger partial charge on any atom is -0.404 e. The largest absolute Gasteiger partial charge is 0.416 e. The summed E-state index contributed by atoms with van der Waals surface area (Å²) in [6.07, 6.45) is -3.37. The molecule has 0 unspecified atom stereocenters. The first kappa shape index (κ1) is 17.5. The van der Waals surface area contributed by atoms with E-state index in [4.69, 9.17) is 5.73 Å². The molecule has 0 saturated carbocycles. The summed E-state index contributed by atoms with van der Waals surface area (Å²) in [6.45, 7) is 3.50. The van der Waals surface area contributed by atoms with Crippen molar-refractivity contribution in [3.8, 4) is 0 Å². The van der Waals surface area contributed by atoms with E-state index in [-0.39, 0.29) is 17.1 Å². The zero-order chi connectivity index (χ0) is 17.9. The van der Waals surface area contributed by atoms with Gasteiger partial charge in [-0.2, -0.15) is 13.2 Å². The Morgan fingerprint density at radius 2 is 1.67 bits per heavy atom. The van der Waals surface area contributed by atoms with Gasteiger partial charge < -0.3 is 11.1 Å². The predicted octanol–water partition coefficient (Wildman–Crippen LogP) is 3.05. The summed E-state index contributed by atoms with van der Waals surface area (Å²) in [6, 6.07) is 5.84. The Balaban J connectivity index is 2.21. The van der Waals surface area contributed by atoms with Crippen LogP contribution in [-0.2, 0) is 11.0 Å². The Morgan fingerprint density at radius 3 is 2.12 bits per heavy atom. The molecule has 2 rings (SSSR count). The third-order valence-corrected chi connectivity index (χ3v) is 3.10. The SMILES string of the molecule is Cc1cc(C)nc(C(=CN)C(=O)Nc2ccc(C(F)(F)F)cc2)n1. The molecule has 0 spiro atoms. The van der Waals surface area contributed by atoms with Gasteiger partial charge in [-0.3, -0.25) is 4.79 Å². The molecule has 1 aromatic heterocycles. The number of alkyl halides is 3. The highest BCUT2D eigenvalue weighted by molar-refractivity contribution is 6.24. The molecule has 5 nitrogen and oxygen atoms in total. The Labute approximate surface area is 136 Å². The molecule has 1 aromatic carbocycles. The molecule has 0 aliphatic rings. The van der Waals surface area contributed by atoms with Crippen molar-refractivity contribution in [1.82, 2.24) is 9.97 Å². The Morgan fingerprint density at radius 1 is 1.12 bits per heavy atom. The van der Waals surface area contributed by atoms with Crippen LogP contribution in [0.5, 0.6) is 0 Å². The number of nitrogens with one attached hydrogen (secondary N) is 1. The van der Waals surface area contributed by atoms with Crippen LogP contribution in [0.3, 0.4) is 0 Å². The molecule has 0 fully saturated rings. The Kier molecular flexibility index (Phi) is 4.87. The fraction of sp³-hybridized carbons (Fsp3) is 0.188. The average Bonchev–Trinajstić information content (AvgIpc) is 2.46. The summed E-state index contributed by atoms with van der Waals surface area (Å²) in [5.41, 5.74) is 6.26. The van der Waals surface area contributed by atoms with Crippen molar-refractivity contribution < 1.29 is 18.0 Å². The molecule has 3 N–H and O–H groups in total. The first-order valence-electron chi connectivity index (χ1n) is 6.94. The summed E-state index contributed by atoms with van der Waals surface area (Å²) in [4.78, 5) is 20.6. The molecule has 8 heteroatoms. The van der Waals surface area contributed by atoms with Gasteiger partial charge in [-0.25, -0.2) is 9.97 Å². The van der Waals surface area contributed by atoms with Crippen molar-refractivity contribution in [2.45, 2.75) is 20.0 Å². The third-order valence-electron chi connectivity index (χ3n) is 3.10. The van der Waals surface area contributed by atoms with Crippen LogP contribution in [0.25, 0.3) is 5.57 Å². The zero-order valence-corrected chi connectivity index (χ0v) is 13.0. The molecule has 1 heterocycles. The first-order valence-corrected chi connectivity index (χ1v) is 6.94. The number of aryl methyl sites for hydroxylation is 2. The number of amides is 1. The van der Waals surface area contributed by atoms with Crippen molar-refractivity contribution >= 4 is 17.2 Å². The van der Waals surface area contributed by atoms with Gasteiger partial charge in [0.25, 0.3) is 5.91 Å². The molecule has 24 heavy (non-hydrogen) atoms. The molecule has 0 bridgehead atoms. The molecule has 0 atom stereocenters. The van der Waals surface area contributed by atoms with Crippen LogP contribution < -0.4 is 11.1 Å². The van der Waals surface area contributed by atoms with Crippen molar-refractivity contribution in [3.63, 3.8) is 0 Å². The van der Waals surface area contributed by atoms with Crippen LogP contribution in [0.15, 0.2) is 36.5 Å². The zero-order valence-electron chi connectivity index (χ0n) is 13.0. The second-order valence-electron chi connectivity index (χ2n) is 5.08. The number of aromatic nitrogens is 2. The predicted molar refractivity (Wildman–Crippen MR) is 83.7 cm³/mol. The smallest absolute Gasteiger partial charge is 0.404 e. The lowest BCUT2D eigenvalue weighted by Crippen LogP contribution is -2.17. The van der Waals surface area contributed by atoms with E-state index < -0.39 is 17.6 Å². The van der Waals surface area contributed by atoms with Gasteiger partial charge in [0.2, 0.25) is 0 Å². The number of anilines is 1.